The van der Waals surface area contributed by atoms with Crippen LogP contribution >= 0.6 is 23.2 Å². The topological polar surface area (TPSA) is 55.1 Å². The second-order valence-electron chi connectivity index (χ2n) is 3.83. The van der Waals surface area contributed by atoms with Gasteiger partial charge in [0.25, 0.3) is 0 Å². The summed E-state index contributed by atoms with van der Waals surface area (Å²) in [6.45, 7) is 2.05. The van der Waals surface area contributed by atoms with E-state index < -0.39 is 6.04 Å². The molecule has 0 aliphatic heterocycles. The molecule has 1 amide bonds. The van der Waals surface area contributed by atoms with Crippen LogP contribution in [0.5, 0.6) is 0 Å². The summed E-state index contributed by atoms with van der Waals surface area (Å²) >= 11 is 11.9. The fourth-order valence-electron chi connectivity index (χ4n) is 1.39. The highest BCUT2D eigenvalue weighted by Crippen LogP contribution is 2.29. The lowest BCUT2D eigenvalue weighted by Crippen LogP contribution is -2.35. The molecule has 1 rings (SSSR count). The standard InChI is InChI=1S/C12H16Cl2N2O/c1-2-3-7-10(15)12(17)16-11-8(13)5-4-6-9(11)14/h4-6,10H,2-3,7,15H2,1H3,(H,16,17). The summed E-state index contributed by atoms with van der Waals surface area (Å²) in [6, 6.07) is 4.53. The number of rotatable bonds is 5. The van der Waals surface area contributed by atoms with Gasteiger partial charge in [-0.3, -0.25) is 4.79 Å². The number of para-hydroxylation sites is 1. The van der Waals surface area contributed by atoms with Gasteiger partial charge in [0.15, 0.2) is 0 Å². The molecule has 1 atom stereocenters. The van der Waals surface area contributed by atoms with Gasteiger partial charge in [-0.05, 0) is 18.6 Å². The number of anilines is 1. The molecule has 3 N–H and O–H groups in total. The van der Waals surface area contributed by atoms with Crippen LogP contribution in [-0.4, -0.2) is 11.9 Å². The molecular formula is C12H16Cl2N2O. The fraction of sp³-hybridized carbons (Fsp3) is 0.417. The number of amides is 1. The second-order valence-corrected chi connectivity index (χ2v) is 4.65. The molecule has 17 heavy (non-hydrogen) atoms. The third-order valence-electron chi connectivity index (χ3n) is 2.42. The predicted octanol–water partition coefficient (Wildman–Crippen LogP) is 3.45. The number of carbonyl (C=O) groups is 1. The summed E-state index contributed by atoms with van der Waals surface area (Å²) in [4.78, 5) is 11.8. The van der Waals surface area contributed by atoms with Gasteiger partial charge in [0, 0.05) is 0 Å². The zero-order chi connectivity index (χ0) is 12.8. The van der Waals surface area contributed by atoms with Crippen LogP contribution in [-0.2, 0) is 4.79 Å². The van der Waals surface area contributed by atoms with Crippen molar-refractivity contribution in [2.45, 2.75) is 32.2 Å². The number of hydrogen-bond donors (Lipinski definition) is 2. The summed E-state index contributed by atoms with van der Waals surface area (Å²) < 4.78 is 0. The van der Waals surface area contributed by atoms with Gasteiger partial charge >= 0.3 is 0 Å². The van der Waals surface area contributed by atoms with E-state index >= 15 is 0 Å². The Labute approximate surface area is 111 Å². The van der Waals surface area contributed by atoms with Crippen molar-refractivity contribution in [3.8, 4) is 0 Å². The quantitative estimate of drug-likeness (QED) is 0.864. The minimum Gasteiger partial charge on any atom is -0.322 e. The average Bonchev–Trinajstić information content (AvgIpc) is 2.30. The van der Waals surface area contributed by atoms with Crippen LogP contribution in [0, 0.1) is 0 Å². The third-order valence-corrected chi connectivity index (χ3v) is 3.05. The van der Waals surface area contributed by atoms with Crippen LogP contribution in [0.2, 0.25) is 10.0 Å². The molecule has 0 heterocycles. The zero-order valence-electron chi connectivity index (χ0n) is 9.67. The number of hydrogen-bond acceptors (Lipinski definition) is 2. The highest BCUT2D eigenvalue weighted by atomic mass is 35.5. The molecule has 0 bridgehead atoms. The Kier molecular flexibility index (Phi) is 5.75. The Bertz CT molecular complexity index is 376. The molecule has 0 saturated heterocycles. The summed E-state index contributed by atoms with van der Waals surface area (Å²) in [5.74, 6) is -0.256. The Morgan fingerprint density at radius 3 is 2.53 bits per heavy atom. The van der Waals surface area contributed by atoms with Gasteiger partial charge in [-0.25, -0.2) is 0 Å². The lowest BCUT2D eigenvalue weighted by Gasteiger charge is -2.13. The lowest BCUT2D eigenvalue weighted by molar-refractivity contribution is -0.117. The zero-order valence-corrected chi connectivity index (χ0v) is 11.2. The third kappa shape index (κ3) is 4.19. The number of halogens is 2. The van der Waals surface area contributed by atoms with Crippen molar-refractivity contribution < 1.29 is 4.79 Å². The van der Waals surface area contributed by atoms with E-state index in [1.165, 1.54) is 0 Å². The van der Waals surface area contributed by atoms with Crippen molar-refractivity contribution in [1.29, 1.82) is 0 Å². The first-order chi connectivity index (χ1) is 8.06. The van der Waals surface area contributed by atoms with Gasteiger partial charge in [0.2, 0.25) is 5.91 Å². The van der Waals surface area contributed by atoms with E-state index in [9.17, 15) is 4.79 Å². The van der Waals surface area contributed by atoms with Crippen molar-refractivity contribution in [1.82, 2.24) is 0 Å². The minimum absolute atomic E-state index is 0.256. The van der Waals surface area contributed by atoms with E-state index in [0.29, 0.717) is 22.2 Å². The van der Waals surface area contributed by atoms with Gasteiger partial charge in [0.05, 0.1) is 21.8 Å². The Morgan fingerprint density at radius 2 is 2.00 bits per heavy atom. The largest absolute Gasteiger partial charge is 0.322 e. The molecule has 0 aliphatic rings. The molecule has 0 aromatic heterocycles. The normalized spacial score (nSPS) is 12.2. The monoisotopic (exact) mass is 274 g/mol. The fourth-order valence-corrected chi connectivity index (χ4v) is 1.88. The number of nitrogens with one attached hydrogen (secondary N) is 1. The highest BCUT2D eigenvalue weighted by molar-refractivity contribution is 6.39. The van der Waals surface area contributed by atoms with E-state index in [-0.39, 0.29) is 5.91 Å². The Hall–Kier alpha value is -0.770. The van der Waals surface area contributed by atoms with Crippen LogP contribution in [0.4, 0.5) is 5.69 Å². The maximum atomic E-state index is 11.8. The smallest absolute Gasteiger partial charge is 0.241 e. The summed E-state index contributed by atoms with van der Waals surface area (Å²) in [5, 5.41) is 3.48. The van der Waals surface area contributed by atoms with Gasteiger partial charge < -0.3 is 11.1 Å². The van der Waals surface area contributed by atoms with Crippen LogP contribution in [0.25, 0.3) is 0 Å². The summed E-state index contributed by atoms with van der Waals surface area (Å²) in [7, 11) is 0. The van der Waals surface area contributed by atoms with Crippen LogP contribution in [0.3, 0.4) is 0 Å². The van der Waals surface area contributed by atoms with E-state index in [1.807, 2.05) is 0 Å². The Balaban J connectivity index is 2.68. The molecular weight excluding hydrogens is 259 g/mol. The van der Waals surface area contributed by atoms with Crippen LogP contribution in [0.1, 0.15) is 26.2 Å². The van der Waals surface area contributed by atoms with Gasteiger partial charge in [-0.2, -0.15) is 0 Å². The molecule has 1 aromatic rings. The maximum absolute atomic E-state index is 11.8. The summed E-state index contributed by atoms with van der Waals surface area (Å²) in [6.07, 6.45) is 2.59. The van der Waals surface area contributed by atoms with E-state index in [2.05, 4.69) is 12.2 Å². The van der Waals surface area contributed by atoms with Gasteiger partial charge in [-0.1, -0.05) is 49.0 Å². The van der Waals surface area contributed by atoms with E-state index in [1.54, 1.807) is 18.2 Å². The molecule has 5 heteroatoms. The SMILES string of the molecule is CCCCC(N)C(=O)Nc1c(Cl)cccc1Cl. The Morgan fingerprint density at radius 1 is 1.41 bits per heavy atom. The second kappa shape index (κ2) is 6.84. The molecule has 1 unspecified atom stereocenters. The van der Waals surface area contributed by atoms with Gasteiger partial charge in [-0.15, -0.1) is 0 Å². The molecule has 0 radical (unpaired) electrons. The summed E-state index contributed by atoms with van der Waals surface area (Å²) in [5.41, 5.74) is 6.18. The molecule has 0 fully saturated rings. The van der Waals surface area contributed by atoms with Crippen molar-refractivity contribution in [2.75, 3.05) is 5.32 Å². The van der Waals surface area contributed by atoms with Crippen molar-refractivity contribution >= 4 is 34.8 Å². The van der Waals surface area contributed by atoms with Crippen molar-refractivity contribution in [2.24, 2.45) is 5.73 Å². The van der Waals surface area contributed by atoms with Crippen molar-refractivity contribution in [3.05, 3.63) is 28.2 Å². The van der Waals surface area contributed by atoms with E-state index in [4.69, 9.17) is 28.9 Å². The number of nitrogens with two attached hydrogens (primary N) is 1. The highest BCUT2D eigenvalue weighted by Gasteiger charge is 2.15. The lowest BCUT2D eigenvalue weighted by atomic mass is 10.1. The molecule has 3 nitrogen and oxygen atoms in total. The first-order valence-corrected chi connectivity index (χ1v) is 6.32. The molecule has 94 valence electrons. The number of benzene rings is 1. The van der Waals surface area contributed by atoms with Crippen LogP contribution in [0.15, 0.2) is 18.2 Å². The minimum atomic E-state index is -0.526. The molecule has 1 aromatic carbocycles. The predicted molar refractivity (Wildman–Crippen MR) is 72.6 cm³/mol. The average molecular weight is 275 g/mol. The van der Waals surface area contributed by atoms with Gasteiger partial charge in [0.1, 0.15) is 0 Å². The maximum Gasteiger partial charge on any atom is 0.241 e. The van der Waals surface area contributed by atoms with Crippen molar-refractivity contribution in [3.63, 3.8) is 0 Å². The number of carbonyl (C=O) groups excluding carboxylic acids is 1. The number of unbranched alkanes of at least 4 members (excludes halogenated alkanes) is 1. The molecule has 0 aliphatic carbocycles. The first-order valence-electron chi connectivity index (χ1n) is 5.56. The molecule has 0 spiro atoms. The van der Waals surface area contributed by atoms with Crippen LogP contribution < -0.4 is 11.1 Å². The first kappa shape index (κ1) is 14.3. The van der Waals surface area contributed by atoms with E-state index in [0.717, 1.165) is 12.8 Å². The molecule has 0 saturated carbocycles.